The first-order chi connectivity index (χ1) is 13.8. The van der Waals surface area contributed by atoms with Crippen LogP contribution in [0.2, 0.25) is 0 Å². The Bertz CT molecular complexity index is 867. The van der Waals surface area contributed by atoms with Gasteiger partial charge in [-0.05, 0) is 31.0 Å². The van der Waals surface area contributed by atoms with Crippen LogP contribution < -0.4 is 10.6 Å². The van der Waals surface area contributed by atoms with Gasteiger partial charge in [-0.1, -0.05) is 48.4 Å². The summed E-state index contributed by atoms with van der Waals surface area (Å²) in [5.41, 5.74) is -1.03. The molecule has 0 spiro atoms. The normalized spacial score (nSPS) is 15.1. The molecular weight excluding hydrogens is 425 g/mol. The minimum Gasteiger partial charge on any atom is -0.353 e. The molecule has 0 unspecified atom stereocenters. The average molecular weight is 445 g/mol. The molecule has 1 aliphatic carbocycles. The molecule has 1 saturated carbocycles. The minimum absolute atomic E-state index is 0.0772. The SMILES string of the molecule is O=C(CSc1nnc(NC(=O)c2cccc(C(F)(F)F)c2)s1)NC1CCCCC1. The number of carbonyl (C=O) groups is 2. The van der Waals surface area contributed by atoms with Crippen LogP contribution in [-0.2, 0) is 11.0 Å². The summed E-state index contributed by atoms with van der Waals surface area (Å²) in [5.74, 6) is -0.599. The lowest BCUT2D eigenvalue weighted by Gasteiger charge is -2.22. The number of hydrogen-bond donors (Lipinski definition) is 2. The molecule has 29 heavy (non-hydrogen) atoms. The summed E-state index contributed by atoms with van der Waals surface area (Å²) in [6.07, 6.45) is 0.941. The van der Waals surface area contributed by atoms with Crippen molar-refractivity contribution in [1.29, 1.82) is 0 Å². The molecule has 11 heteroatoms. The fraction of sp³-hybridized carbons (Fsp3) is 0.444. The minimum atomic E-state index is -4.53. The molecule has 0 saturated heterocycles. The van der Waals surface area contributed by atoms with Crippen molar-refractivity contribution >= 4 is 40.0 Å². The van der Waals surface area contributed by atoms with Crippen LogP contribution in [0, 0.1) is 0 Å². The van der Waals surface area contributed by atoms with E-state index in [1.807, 2.05) is 0 Å². The van der Waals surface area contributed by atoms with Crippen molar-refractivity contribution in [3.05, 3.63) is 35.4 Å². The third-order valence-electron chi connectivity index (χ3n) is 4.38. The van der Waals surface area contributed by atoms with Gasteiger partial charge in [0.2, 0.25) is 11.0 Å². The number of anilines is 1. The van der Waals surface area contributed by atoms with Crippen LogP contribution in [-0.4, -0.2) is 33.8 Å². The summed E-state index contributed by atoms with van der Waals surface area (Å²) in [5, 5.41) is 13.3. The molecule has 2 amide bonds. The maximum atomic E-state index is 12.8. The number of rotatable bonds is 6. The molecule has 3 rings (SSSR count). The van der Waals surface area contributed by atoms with Crippen LogP contribution in [0.5, 0.6) is 0 Å². The molecule has 1 aromatic carbocycles. The monoisotopic (exact) mass is 444 g/mol. The highest BCUT2D eigenvalue weighted by Gasteiger charge is 2.31. The second-order valence-corrected chi connectivity index (χ2v) is 8.80. The summed E-state index contributed by atoms with van der Waals surface area (Å²) in [4.78, 5) is 24.2. The highest BCUT2D eigenvalue weighted by Crippen LogP contribution is 2.30. The molecule has 156 valence electrons. The van der Waals surface area contributed by atoms with Gasteiger partial charge in [-0.15, -0.1) is 10.2 Å². The first-order valence-electron chi connectivity index (χ1n) is 9.05. The van der Waals surface area contributed by atoms with Gasteiger partial charge in [0.1, 0.15) is 0 Å². The van der Waals surface area contributed by atoms with Crippen molar-refractivity contribution < 1.29 is 22.8 Å². The molecule has 1 aliphatic rings. The number of nitrogens with zero attached hydrogens (tertiary/aromatic N) is 2. The van der Waals surface area contributed by atoms with E-state index in [0.29, 0.717) is 4.34 Å². The Morgan fingerprint density at radius 3 is 2.66 bits per heavy atom. The molecule has 1 heterocycles. The highest BCUT2D eigenvalue weighted by molar-refractivity contribution is 8.01. The maximum absolute atomic E-state index is 12.8. The summed E-state index contributed by atoms with van der Waals surface area (Å²) in [6.45, 7) is 0. The van der Waals surface area contributed by atoms with Gasteiger partial charge in [0.05, 0.1) is 11.3 Å². The van der Waals surface area contributed by atoms with Crippen molar-refractivity contribution in [3.8, 4) is 0 Å². The average Bonchev–Trinajstić information content (AvgIpc) is 3.14. The Kier molecular flexibility index (Phi) is 7.12. The number of amides is 2. The number of nitrogens with one attached hydrogen (secondary N) is 2. The molecule has 1 aromatic heterocycles. The summed E-state index contributed by atoms with van der Waals surface area (Å²) < 4.78 is 38.8. The number of hydrogen-bond acceptors (Lipinski definition) is 6. The van der Waals surface area contributed by atoms with Crippen LogP contribution in [0.25, 0.3) is 0 Å². The molecule has 2 N–H and O–H groups in total. The molecule has 0 bridgehead atoms. The van der Waals surface area contributed by atoms with Gasteiger partial charge < -0.3 is 5.32 Å². The second kappa shape index (κ2) is 9.57. The van der Waals surface area contributed by atoms with Gasteiger partial charge in [-0.3, -0.25) is 14.9 Å². The lowest BCUT2D eigenvalue weighted by Crippen LogP contribution is -2.37. The zero-order valence-electron chi connectivity index (χ0n) is 15.3. The van der Waals surface area contributed by atoms with E-state index in [1.54, 1.807) is 0 Å². The summed E-state index contributed by atoms with van der Waals surface area (Å²) >= 11 is 2.26. The fourth-order valence-electron chi connectivity index (χ4n) is 2.97. The van der Waals surface area contributed by atoms with Gasteiger partial charge in [-0.2, -0.15) is 13.2 Å². The third kappa shape index (κ3) is 6.43. The number of alkyl halides is 3. The quantitative estimate of drug-likeness (QED) is 0.511. The van der Waals surface area contributed by atoms with E-state index in [1.165, 1.54) is 30.3 Å². The van der Waals surface area contributed by atoms with Crippen LogP contribution in [0.3, 0.4) is 0 Å². The molecule has 0 radical (unpaired) electrons. The first-order valence-corrected chi connectivity index (χ1v) is 10.9. The third-order valence-corrected chi connectivity index (χ3v) is 6.35. The van der Waals surface area contributed by atoms with Gasteiger partial charge in [0.15, 0.2) is 4.34 Å². The number of aromatic nitrogens is 2. The Labute approximate surface area is 173 Å². The fourth-order valence-corrected chi connectivity index (χ4v) is 4.53. The van der Waals surface area contributed by atoms with Gasteiger partial charge >= 0.3 is 6.18 Å². The first kappa shape index (κ1) is 21.6. The van der Waals surface area contributed by atoms with E-state index in [0.717, 1.165) is 49.2 Å². The number of carbonyl (C=O) groups excluding carboxylic acids is 2. The predicted octanol–water partition coefficient (Wildman–Crippen LogP) is 4.35. The smallest absolute Gasteiger partial charge is 0.353 e. The predicted molar refractivity (Wildman–Crippen MR) is 105 cm³/mol. The van der Waals surface area contributed by atoms with Gasteiger partial charge in [-0.25, -0.2) is 0 Å². The lowest BCUT2D eigenvalue weighted by atomic mass is 9.95. The largest absolute Gasteiger partial charge is 0.416 e. The molecule has 1 fully saturated rings. The van der Waals surface area contributed by atoms with Crippen LogP contribution in [0.4, 0.5) is 18.3 Å². The van der Waals surface area contributed by atoms with Crippen molar-refractivity contribution in [2.45, 2.75) is 48.7 Å². The van der Waals surface area contributed by atoms with Crippen molar-refractivity contribution in [2.75, 3.05) is 11.1 Å². The Morgan fingerprint density at radius 2 is 1.93 bits per heavy atom. The van der Waals surface area contributed by atoms with E-state index in [9.17, 15) is 22.8 Å². The number of benzene rings is 1. The van der Waals surface area contributed by atoms with E-state index < -0.39 is 17.6 Å². The molecule has 6 nitrogen and oxygen atoms in total. The molecular formula is C18H19F3N4O2S2. The Morgan fingerprint density at radius 1 is 1.17 bits per heavy atom. The number of thioether (sulfide) groups is 1. The molecule has 0 aliphatic heterocycles. The summed E-state index contributed by atoms with van der Waals surface area (Å²) in [6, 6.07) is 4.37. The van der Waals surface area contributed by atoms with Crippen molar-refractivity contribution in [2.24, 2.45) is 0 Å². The van der Waals surface area contributed by atoms with Crippen molar-refractivity contribution in [1.82, 2.24) is 15.5 Å². The van der Waals surface area contributed by atoms with Crippen LogP contribution >= 0.6 is 23.1 Å². The second-order valence-electron chi connectivity index (χ2n) is 6.60. The van der Waals surface area contributed by atoms with E-state index >= 15 is 0 Å². The van der Waals surface area contributed by atoms with Gasteiger partial charge in [0.25, 0.3) is 5.91 Å². The number of halogens is 3. The van der Waals surface area contributed by atoms with E-state index in [4.69, 9.17) is 0 Å². The zero-order valence-corrected chi connectivity index (χ0v) is 16.9. The van der Waals surface area contributed by atoms with Gasteiger partial charge in [0, 0.05) is 11.6 Å². The zero-order chi connectivity index (χ0) is 20.9. The van der Waals surface area contributed by atoms with Crippen LogP contribution in [0.15, 0.2) is 28.6 Å². The van der Waals surface area contributed by atoms with Crippen molar-refractivity contribution in [3.63, 3.8) is 0 Å². The highest BCUT2D eigenvalue weighted by atomic mass is 32.2. The van der Waals surface area contributed by atoms with E-state index in [2.05, 4.69) is 20.8 Å². The standard InChI is InChI=1S/C18H19F3N4O2S2/c19-18(20,21)12-6-4-5-11(9-12)15(27)23-16-24-25-17(29-16)28-10-14(26)22-13-7-2-1-3-8-13/h4-6,9,13H,1-3,7-8,10H2,(H,22,26)(H,23,24,27). The van der Waals surface area contributed by atoms with Crippen LogP contribution in [0.1, 0.15) is 48.0 Å². The van der Waals surface area contributed by atoms with E-state index in [-0.39, 0.29) is 28.4 Å². The topological polar surface area (TPSA) is 84.0 Å². The Hall–Kier alpha value is -2.14. The summed E-state index contributed by atoms with van der Waals surface area (Å²) in [7, 11) is 0. The lowest BCUT2D eigenvalue weighted by molar-refractivity contribution is -0.137. The Balaban J connectivity index is 1.51. The molecule has 2 aromatic rings. The maximum Gasteiger partial charge on any atom is 0.416 e. The molecule has 0 atom stereocenters.